The predicted molar refractivity (Wildman–Crippen MR) is 69.2 cm³/mol. The molecule has 0 aliphatic rings. The molecule has 3 rings (SSSR count). The van der Waals surface area contributed by atoms with Crippen molar-refractivity contribution in [1.29, 1.82) is 0 Å². The van der Waals surface area contributed by atoms with E-state index >= 15 is 0 Å². The first kappa shape index (κ1) is 10.7. The molecular formula is C13H13N5. The molecule has 0 unspecified atom stereocenters. The van der Waals surface area contributed by atoms with Crippen LogP contribution < -0.4 is 5.73 Å². The third kappa shape index (κ3) is 1.79. The Morgan fingerprint density at radius 2 is 2.06 bits per heavy atom. The van der Waals surface area contributed by atoms with Crippen LogP contribution in [0.15, 0.2) is 36.7 Å². The molecule has 2 N–H and O–H groups in total. The monoisotopic (exact) mass is 239 g/mol. The molecule has 0 spiro atoms. The molecule has 0 radical (unpaired) electrons. The van der Waals surface area contributed by atoms with Crippen molar-refractivity contribution in [3.63, 3.8) is 0 Å². The van der Waals surface area contributed by atoms with E-state index in [4.69, 9.17) is 5.73 Å². The Hall–Kier alpha value is -2.43. The minimum absolute atomic E-state index is 0.651. The molecule has 1 aromatic carbocycles. The van der Waals surface area contributed by atoms with Gasteiger partial charge in [0.15, 0.2) is 5.65 Å². The molecule has 5 heteroatoms. The summed E-state index contributed by atoms with van der Waals surface area (Å²) in [6, 6.07) is 9.69. The second-order valence-electron chi connectivity index (χ2n) is 4.25. The molecule has 2 heterocycles. The van der Waals surface area contributed by atoms with E-state index in [1.54, 1.807) is 6.33 Å². The van der Waals surface area contributed by atoms with Crippen molar-refractivity contribution in [1.82, 2.24) is 19.6 Å². The summed E-state index contributed by atoms with van der Waals surface area (Å²) in [4.78, 5) is 4.26. The fourth-order valence-electron chi connectivity index (χ4n) is 1.92. The van der Waals surface area contributed by atoms with Gasteiger partial charge in [0.25, 0.3) is 0 Å². The number of nitrogens with zero attached hydrogens (tertiary/aromatic N) is 4. The van der Waals surface area contributed by atoms with Gasteiger partial charge in [-0.3, -0.25) is 4.40 Å². The summed E-state index contributed by atoms with van der Waals surface area (Å²) in [6.45, 7) is 1.93. The van der Waals surface area contributed by atoms with Gasteiger partial charge < -0.3 is 5.73 Å². The van der Waals surface area contributed by atoms with Crippen molar-refractivity contribution >= 4 is 11.3 Å². The molecule has 90 valence electrons. The summed E-state index contributed by atoms with van der Waals surface area (Å²) < 4.78 is 1.89. The number of aromatic nitrogens is 4. The highest BCUT2D eigenvalue weighted by atomic mass is 15.3. The summed E-state index contributed by atoms with van der Waals surface area (Å²) in [5, 5.41) is 8.33. The van der Waals surface area contributed by atoms with E-state index in [0.717, 1.165) is 28.4 Å². The van der Waals surface area contributed by atoms with Crippen LogP contribution in [0.5, 0.6) is 0 Å². The van der Waals surface area contributed by atoms with Gasteiger partial charge in [-0.2, -0.15) is 0 Å². The van der Waals surface area contributed by atoms with Crippen LogP contribution in [0.1, 0.15) is 17.1 Å². The Morgan fingerprint density at radius 1 is 1.22 bits per heavy atom. The van der Waals surface area contributed by atoms with E-state index in [-0.39, 0.29) is 0 Å². The molecule has 0 atom stereocenters. The van der Waals surface area contributed by atoms with Gasteiger partial charge in [-0.05, 0) is 18.6 Å². The Bertz CT molecular complexity index is 701. The number of nitrogen functional groups attached to an aromatic ring is 1. The average Bonchev–Trinajstić information content (AvgIpc) is 2.74. The molecule has 0 amide bonds. The Kier molecular flexibility index (Phi) is 2.44. The largest absolute Gasteiger partial charge is 0.398 e. The number of rotatable bonds is 2. The van der Waals surface area contributed by atoms with E-state index in [2.05, 4.69) is 15.2 Å². The molecule has 0 aliphatic heterocycles. The average molecular weight is 239 g/mol. The standard InChI is InChI=1S/C13H13N5/c1-9-6-12-16-17-13(18(12)8-15-9)7-10-4-2-3-5-11(10)14/h2-6,8H,7,14H2,1H3. The first-order valence-electron chi connectivity index (χ1n) is 5.73. The first-order valence-corrected chi connectivity index (χ1v) is 5.73. The Labute approximate surface area is 104 Å². The number of hydrogen-bond acceptors (Lipinski definition) is 4. The lowest BCUT2D eigenvalue weighted by molar-refractivity contribution is 0.915. The normalized spacial score (nSPS) is 10.9. The molecule has 2 aromatic heterocycles. The van der Waals surface area contributed by atoms with Crippen LogP contribution in [0.25, 0.3) is 5.65 Å². The quantitative estimate of drug-likeness (QED) is 0.690. The molecule has 0 aliphatic carbocycles. The highest BCUT2D eigenvalue weighted by Crippen LogP contribution is 2.15. The van der Waals surface area contributed by atoms with Gasteiger partial charge in [0.1, 0.15) is 12.2 Å². The SMILES string of the molecule is Cc1cc2nnc(Cc3ccccc3N)n2cn1. The zero-order valence-corrected chi connectivity index (χ0v) is 10.0. The van der Waals surface area contributed by atoms with Gasteiger partial charge >= 0.3 is 0 Å². The van der Waals surface area contributed by atoms with Crippen LogP contribution in [0.3, 0.4) is 0 Å². The van der Waals surface area contributed by atoms with Crippen LogP contribution in [-0.4, -0.2) is 19.6 Å². The Balaban J connectivity index is 2.03. The predicted octanol–water partition coefficient (Wildman–Crippen LogP) is 1.61. The van der Waals surface area contributed by atoms with E-state index in [1.165, 1.54) is 0 Å². The van der Waals surface area contributed by atoms with Gasteiger partial charge in [0, 0.05) is 23.9 Å². The third-order valence-corrected chi connectivity index (χ3v) is 2.91. The molecule has 0 bridgehead atoms. The topological polar surface area (TPSA) is 69.1 Å². The second-order valence-corrected chi connectivity index (χ2v) is 4.25. The minimum atomic E-state index is 0.651. The Morgan fingerprint density at radius 3 is 2.89 bits per heavy atom. The summed E-state index contributed by atoms with van der Waals surface area (Å²) in [6.07, 6.45) is 2.40. The van der Waals surface area contributed by atoms with Crippen LogP contribution in [-0.2, 0) is 6.42 Å². The second kappa shape index (κ2) is 4.10. The summed E-state index contributed by atoms with van der Waals surface area (Å²) >= 11 is 0. The van der Waals surface area contributed by atoms with Crippen molar-refractivity contribution < 1.29 is 0 Å². The molecule has 18 heavy (non-hydrogen) atoms. The number of fused-ring (bicyclic) bond motifs is 1. The van der Waals surface area contributed by atoms with E-state index in [0.29, 0.717) is 6.42 Å². The van der Waals surface area contributed by atoms with Gasteiger partial charge in [0.05, 0.1) is 0 Å². The molecule has 0 saturated heterocycles. The van der Waals surface area contributed by atoms with Crippen LogP contribution in [0.4, 0.5) is 5.69 Å². The number of anilines is 1. The van der Waals surface area contributed by atoms with Gasteiger partial charge in [-0.1, -0.05) is 18.2 Å². The van der Waals surface area contributed by atoms with Gasteiger partial charge in [-0.25, -0.2) is 4.98 Å². The first-order chi connectivity index (χ1) is 8.74. The van der Waals surface area contributed by atoms with E-state index < -0.39 is 0 Å². The van der Waals surface area contributed by atoms with E-state index in [9.17, 15) is 0 Å². The van der Waals surface area contributed by atoms with Crippen molar-refractivity contribution in [3.05, 3.63) is 53.7 Å². The number of aryl methyl sites for hydroxylation is 1. The number of hydrogen-bond donors (Lipinski definition) is 1. The summed E-state index contributed by atoms with van der Waals surface area (Å²) in [7, 11) is 0. The highest BCUT2D eigenvalue weighted by Gasteiger charge is 2.08. The van der Waals surface area contributed by atoms with Crippen molar-refractivity contribution in [3.8, 4) is 0 Å². The maximum atomic E-state index is 5.93. The molecule has 5 nitrogen and oxygen atoms in total. The maximum Gasteiger partial charge on any atom is 0.163 e. The lowest BCUT2D eigenvalue weighted by Crippen LogP contribution is -2.00. The molecular weight excluding hydrogens is 226 g/mol. The van der Waals surface area contributed by atoms with Crippen LogP contribution in [0.2, 0.25) is 0 Å². The zero-order valence-electron chi connectivity index (χ0n) is 10.0. The number of benzene rings is 1. The number of para-hydroxylation sites is 1. The van der Waals surface area contributed by atoms with Gasteiger partial charge in [-0.15, -0.1) is 10.2 Å². The molecule has 0 saturated carbocycles. The lowest BCUT2D eigenvalue weighted by Gasteiger charge is -2.03. The summed E-state index contributed by atoms with van der Waals surface area (Å²) in [5.74, 6) is 0.843. The zero-order chi connectivity index (χ0) is 12.5. The minimum Gasteiger partial charge on any atom is -0.398 e. The maximum absolute atomic E-state index is 5.93. The van der Waals surface area contributed by atoms with Crippen molar-refractivity contribution in [2.24, 2.45) is 0 Å². The fourth-order valence-corrected chi connectivity index (χ4v) is 1.92. The van der Waals surface area contributed by atoms with Gasteiger partial charge in [0.2, 0.25) is 0 Å². The van der Waals surface area contributed by atoms with Crippen molar-refractivity contribution in [2.45, 2.75) is 13.3 Å². The molecule has 3 aromatic rings. The molecule has 0 fully saturated rings. The number of nitrogens with two attached hydrogens (primary N) is 1. The summed E-state index contributed by atoms with van der Waals surface area (Å²) in [5.41, 5.74) is 9.50. The van der Waals surface area contributed by atoms with Crippen LogP contribution in [0, 0.1) is 6.92 Å². The van der Waals surface area contributed by atoms with Crippen LogP contribution >= 0.6 is 0 Å². The lowest BCUT2D eigenvalue weighted by atomic mass is 10.1. The third-order valence-electron chi connectivity index (χ3n) is 2.91. The van der Waals surface area contributed by atoms with Crippen molar-refractivity contribution in [2.75, 3.05) is 5.73 Å². The van der Waals surface area contributed by atoms with E-state index in [1.807, 2.05) is 41.7 Å². The smallest absolute Gasteiger partial charge is 0.163 e. The fraction of sp³-hybridized carbons (Fsp3) is 0.154. The highest BCUT2D eigenvalue weighted by molar-refractivity contribution is 5.48.